The number of hydrogen-bond acceptors (Lipinski definition) is 2. The molecule has 2 nitrogen and oxygen atoms in total. The standard InChI is InChI=1S/C13H17ClFNO/c1-2-17-11-6-10(7-11)16-8-9-3-4-12(14)13(15)5-9/h3-5,10-11,16H,2,6-8H2,1H3. The van der Waals surface area contributed by atoms with E-state index in [0.717, 1.165) is 25.0 Å². The first-order chi connectivity index (χ1) is 8.19. The number of halogens is 2. The number of nitrogens with one attached hydrogen (secondary N) is 1. The first kappa shape index (κ1) is 12.8. The Kier molecular flexibility index (Phi) is 4.37. The lowest BCUT2D eigenvalue weighted by molar-refractivity contribution is -0.0102. The second-order valence-electron chi connectivity index (χ2n) is 4.38. The van der Waals surface area contributed by atoms with Gasteiger partial charge in [-0.1, -0.05) is 17.7 Å². The molecule has 0 aromatic heterocycles. The molecule has 17 heavy (non-hydrogen) atoms. The summed E-state index contributed by atoms with van der Waals surface area (Å²) < 4.78 is 18.7. The Morgan fingerprint density at radius 3 is 2.88 bits per heavy atom. The van der Waals surface area contributed by atoms with Gasteiger partial charge >= 0.3 is 0 Å². The number of ether oxygens (including phenoxy) is 1. The van der Waals surface area contributed by atoms with Crippen molar-refractivity contribution in [2.75, 3.05) is 6.61 Å². The van der Waals surface area contributed by atoms with Crippen molar-refractivity contribution in [1.82, 2.24) is 5.32 Å². The van der Waals surface area contributed by atoms with Crippen LogP contribution in [0, 0.1) is 5.82 Å². The quantitative estimate of drug-likeness (QED) is 0.875. The molecular weight excluding hydrogens is 241 g/mol. The van der Waals surface area contributed by atoms with Crippen LogP contribution in [0.15, 0.2) is 18.2 Å². The third-order valence-corrected chi connectivity index (χ3v) is 3.38. The van der Waals surface area contributed by atoms with Crippen LogP contribution in [0.5, 0.6) is 0 Å². The molecule has 0 radical (unpaired) electrons. The Labute approximate surface area is 106 Å². The highest BCUT2D eigenvalue weighted by molar-refractivity contribution is 6.30. The van der Waals surface area contributed by atoms with Crippen LogP contribution in [0.25, 0.3) is 0 Å². The molecule has 0 saturated heterocycles. The smallest absolute Gasteiger partial charge is 0.142 e. The molecule has 2 rings (SSSR count). The predicted octanol–water partition coefficient (Wildman–Crippen LogP) is 3.14. The molecule has 1 aromatic rings. The summed E-state index contributed by atoms with van der Waals surface area (Å²) in [6.45, 7) is 3.47. The van der Waals surface area contributed by atoms with Crippen LogP contribution in [-0.4, -0.2) is 18.8 Å². The molecule has 0 bridgehead atoms. The van der Waals surface area contributed by atoms with E-state index in [9.17, 15) is 4.39 Å². The lowest BCUT2D eigenvalue weighted by Crippen LogP contribution is -2.45. The molecule has 0 unspecified atom stereocenters. The van der Waals surface area contributed by atoms with E-state index in [1.165, 1.54) is 6.07 Å². The van der Waals surface area contributed by atoms with E-state index in [1.54, 1.807) is 6.07 Å². The van der Waals surface area contributed by atoms with Crippen molar-refractivity contribution in [3.63, 3.8) is 0 Å². The molecule has 1 saturated carbocycles. The lowest BCUT2D eigenvalue weighted by atomic mass is 9.89. The zero-order valence-corrected chi connectivity index (χ0v) is 10.6. The van der Waals surface area contributed by atoms with Crippen LogP contribution in [0.3, 0.4) is 0 Å². The van der Waals surface area contributed by atoms with Crippen LogP contribution in [0.2, 0.25) is 5.02 Å². The maximum absolute atomic E-state index is 13.2. The van der Waals surface area contributed by atoms with Gasteiger partial charge in [0.25, 0.3) is 0 Å². The number of hydrogen-bond donors (Lipinski definition) is 1. The van der Waals surface area contributed by atoms with Gasteiger partial charge in [0.1, 0.15) is 5.82 Å². The summed E-state index contributed by atoms with van der Waals surface area (Å²) in [5.41, 5.74) is 0.923. The Bertz CT molecular complexity index is 380. The maximum atomic E-state index is 13.2. The molecule has 0 aliphatic heterocycles. The molecule has 1 aliphatic carbocycles. The van der Waals surface area contributed by atoms with Crippen LogP contribution < -0.4 is 5.32 Å². The molecule has 1 aromatic carbocycles. The fourth-order valence-electron chi connectivity index (χ4n) is 2.02. The summed E-state index contributed by atoms with van der Waals surface area (Å²) in [7, 11) is 0. The van der Waals surface area contributed by atoms with Crippen LogP contribution in [0.4, 0.5) is 4.39 Å². The Morgan fingerprint density at radius 2 is 2.24 bits per heavy atom. The van der Waals surface area contributed by atoms with Gasteiger partial charge in [-0.3, -0.25) is 0 Å². The van der Waals surface area contributed by atoms with Gasteiger partial charge in [-0.05, 0) is 37.5 Å². The average molecular weight is 258 g/mol. The molecule has 1 N–H and O–H groups in total. The molecule has 1 fully saturated rings. The number of benzene rings is 1. The predicted molar refractivity (Wildman–Crippen MR) is 66.7 cm³/mol. The van der Waals surface area contributed by atoms with Crippen molar-refractivity contribution >= 4 is 11.6 Å². The highest BCUT2D eigenvalue weighted by Gasteiger charge is 2.28. The summed E-state index contributed by atoms with van der Waals surface area (Å²) in [5, 5.41) is 3.56. The Balaban J connectivity index is 1.74. The van der Waals surface area contributed by atoms with Crippen molar-refractivity contribution in [2.45, 2.75) is 38.5 Å². The van der Waals surface area contributed by atoms with Crippen LogP contribution in [-0.2, 0) is 11.3 Å². The Hall–Kier alpha value is -0.640. The van der Waals surface area contributed by atoms with Gasteiger partial charge in [-0.15, -0.1) is 0 Å². The highest BCUT2D eigenvalue weighted by atomic mass is 35.5. The maximum Gasteiger partial charge on any atom is 0.142 e. The van der Waals surface area contributed by atoms with E-state index in [4.69, 9.17) is 16.3 Å². The second-order valence-corrected chi connectivity index (χ2v) is 4.78. The van der Waals surface area contributed by atoms with Gasteiger partial charge in [-0.2, -0.15) is 0 Å². The monoisotopic (exact) mass is 257 g/mol. The fraction of sp³-hybridized carbons (Fsp3) is 0.538. The summed E-state index contributed by atoms with van der Waals surface area (Å²) in [6, 6.07) is 5.41. The van der Waals surface area contributed by atoms with Gasteiger partial charge < -0.3 is 10.1 Å². The minimum Gasteiger partial charge on any atom is -0.378 e. The minimum atomic E-state index is -0.355. The van der Waals surface area contributed by atoms with E-state index in [0.29, 0.717) is 18.7 Å². The van der Waals surface area contributed by atoms with E-state index in [2.05, 4.69) is 5.32 Å². The van der Waals surface area contributed by atoms with Crippen molar-refractivity contribution in [2.24, 2.45) is 0 Å². The highest BCUT2D eigenvalue weighted by Crippen LogP contribution is 2.23. The zero-order chi connectivity index (χ0) is 12.3. The molecule has 94 valence electrons. The van der Waals surface area contributed by atoms with Gasteiger partial charge in [0.15, 0.2) is 0 Å². The van der Waals surface area contributed by atoms with Gasteiger partial charge in [0, 0.05) is 19.2 Å². The van der Waals surface area contributed by atoms with E-state index >= 15 is 0 Å². The third kappa shape index (κ3) is 3.41. The van der Waals surface area contributed by atoms with Gasteiger partial charge in [-0.25, -0.2) is 4.39 Å². The van der Waals surface area contributed by atoms with Crippen molar-refractivity contribution in [1.29, 1.82) is 0 Å². The van der Waals surface area contributed by atoms with E-state index in [1.807, 2.05) is 13.0 Å². The normalized spacial score (nSPS) is 23.5. The van der Waals surface area contributed by atoms with Crippen molar-refractivity contribution in [3.8, 4) is 0 Å². The molecule has 1 aliphatic rings. The lowest BCUT2D eigenvalue weighted by Gasteiger charge is -2.35. The van der Waals surface area contributed by atoms with Gasteiger partial charge in [0.2, 0.25) is 0 Å². The minimum absolute atomic E-state index is 0.175. The third-order valence-electron chi connectivity index (χ3n) is 3.08. The van der Waals surface area contributed by atoms with Crippen LogP contribution in [0.1, 0.15) is 25.3 Å². The Morgan fingerprint density at radius 1 is 1.47 bits per heavy atom. The largest absolute Gasteiger partial charge is 0.378 e. The first-order valence-electron chi connectivity index (χ1n) is 5.98. The van der Waals surface area contributed by atoms with Crippen LogP contribution >= 0.6 is 11.6 Å². The molecule has 0 heterocycles. The molecule has 0 atom stereocenters. The molecule has 0 spiro atoms. The first-order valence-corrected chi connectivity index (χ1v) is 6.35. The van der Waals surface area contributed by atoms with Gasteiger partial charge in [0.05, 0.1) is 11.1 Å². The van der Waals surface area contributed by atoms with E-state index in [-0.39, 0.29) is 10.8 Å². The summed E-state index contributed by atoms with van der Waals surface area (Å²) >= 11 is 5.62. The fourth-order valence-corrected chi connectivity index (χ4v) is 2.13. The summed E-state index contributed by atoms with van der Waals surface area (Å²) in [6.07, 6.45) is 2.49. The SMILES string of the molecule is CCOC1CC(NCc2ccc(Cl)c(F)c2)C1. The summed E-state index contributed by atoms with van der Waals surface area (Å²) in [4.78, 5) is 0. The van der Waals surface area contributed by atoms with E-state index < -0.39 is 0 Å². The zero-order valence-electron chi connectivity index (χ0n) is 9.88. The molecule has 4 heteroatoms. The number of rotatable bonds is 5. The second kappa shape index (κ2) is 5.80. The summed E-state index contributed by atoms with van der Waals surface area (Å²) in [5.74, 6) is -0.355. The molecular formula is C13H17ClFNO. The van der Waals surface area contributed by atoms with Crippen molar-refractivity contribution in [3.05, 3.63) is 34.6 Å². The average Bonchev–Trinajstić information content (AvgIpc) is 2.26. The topological polar surface area (TPSA) is 21.3 Å². The molecule has 0 amide bonds. The van der Waals surface area contributed by atoms with Crippen molar-refractivity contribution < 1.29 is 9.13 Å².